The first-order chi connectivity index (χ1) is 14.6. The first-order valence-corrected chi connectivity index (χ1v) is 10.2. The van der Waals surface area contributed by atoms with Crippen LogP contribution in [0.4, 0.5) is 21.6 Å². The van der Waals surface area contributed by atoms with Gasteiger partial charge in [0, 0.05) is 37.6 Å². The van der Waals surface area contributed by atoms with Gasteiger partial charge < -0.3 is 25.7 Å². The highest BCUT2D eigenvalue weighted by atomic mass is 19.1. The number of hydrogen-bond acceptors (Lipinski definition) is 6. The van der Waals surface area contributed by atoms with E-state index in [1.54, 1.807) is 12.4 Å². The summed E-state index contributed by atoms with van der Waals surface area (Å²) >= 11 is 0. The Morgan fingerprint density at radius 1 is 1.23 bits per heavy atom. The van der Waals surface area contributed by atoms with E-state index in [1.165, 1.54) is 13.2 Å². The summed E-state index contributed by atoms with van der Waals surface area (Å²) in [6, 6.07) is 7.28. The van der Waals surface area contributed by atoms with Gasteiger partial charge in [-0.25, -0.2) is 9.37 Å². The van der Waals surface area contributed by atoms with Gasteiger partial charge in [0.05, 0.1) is 23.7 Å². The van der Waals surface area contributed by atoms with E-state index in [4.69, 9.17) is 10.5 Å². The third-order valence-electron chi connectivity index (χ3n) is 5.62. The SMILES string of the molecule is COc1c(NCCNc2ccccn2)c(F)c(N)c2c(=O)ccn(C3CCCC3)c12. The second-order valence-electron chi connectivity index (χ2n) is 7.45. The van der Waals surface area contributed by atoms with Crippen molar-refractivity contribution in [3.63, 3.8) is 0 Å². The molecule has 1 aromatic carbocycles. The molecule has 1 aliphatic rings. The maximum atomic E-state index is 15.2. The Labute approximate surface area is 174 Å². The fraction of sp³-hybridized carbons (Fsp3) is 0.364. The molecule has 3 aromatic rings. The number of benzene rings is 1. The normalized spacial score (nSPS) is 14.2. The van der Waals surface area contributed by atoms with Crippen LogP contribution in [0.2, 0.25) is 0 Å². The van der Waals surface area contributed by atoms with Crippen molar-refractivity contribution in [2.75, 3.05) is 36.6 Å². The lowest BCUT2D eigenvalue weighted by molar-refractivity contribution is 0.413. The Kier molecular flexibility index (Phi) is 5.74. The van der Waals surface area contributed by atoms with Crippen molar-refractivity contribution >= 4 is 28.1 Å². The van der Waals surface area contributed by atoms with Crippen LogP contribution in [0, 0.1) is 5.82 Å². The summed E-state index contributed by atoms with van der Waals surface area (Å²) in [6.45, 7) is 0.928. The van der Waals surface area contributed by atoms with E-state index in [-0.39, 0.29) is 28.2 Å². The zero-order valence-corrected chi connectivity index (χ0v) is 17.0. The zero-order valence-electron chi connectivity index (χ0n) is 17.0. The van der Waals surface area contributed by atoms with E-state index in [1.807, 2.05) is 22.8 Å². The second-order valence-corrected chi connectivity index (χ2v) is 7.45. The molecular formula is C22H26FN5O2. The molecule has 4 rings (SSSR count). The number of nitrogens with one attached hydrogen (secondary N) is 2. The molecule has 158 valence electrons. The molecular weight excluding hydrogens is 385 g/mol. The zero-order chi connectivity index (χ0) is 21.1. The van der Waals surface area contributed by atoms with Gasteiger partial charge in [-0.05, 0) is 25.0 Å². The van der Waals surface area contributed by atoms with Crippen LogP contribution in [0.15, 0.2) is 41.5 Å². The van der Waals surface area contributed by atoms with Crippen LogP contribution in [0.5, 0.6) is 5.75 Å². The molecule has 1 saturated carbocycles. The van der Waals surface area contributed by atoms with Crippen LogP contribution >= 0.6 is 0 Å². The first kappa shape index (κ1) is 20.0. The van der Waals surface area contributed by atoms with Gasteiger partial charge in [-0.15, -0.1) is 0 Å². The lowest BCUT2D eigenvalue weighted by Crippen LogP contribution is -2.19. The van der Waals surface area contributed by atoms with Crippen LogP contribution in [0.3, 0.4) is 0 Å². The predicted octanol–water partition coefficient (Wildman–Crippen LogP) is 3.77. The van der Waals surface area contributed by atoms with Crippen molar-refractivity contribution in [1.82, 2.24) is 9.55 Å². The van der Waals surface area contributed by atoms with E-state index >= 15 is 4.39 Å². The minimum absolute atomic E-state index is 0.150. The topological polar surface area (TPSA) is 94.2 Å². The van der Waals surface area contributed by atoms with Gasteiger partial charge in [-0.2, -0.15) is 0 Å². The largest absolute Gasteiger partial charge is 0.492 e. The van der Waals surface area contributed by atoms with E-state index in [9.17, 15) is 4.79 Å². The molecule has 2 aromatic heterocycles. The molecule has 2 heterocycles. The molecule has 0 amide bonds. The fourth-order valence-corrected chi connectivity index (χ4v) is 4.19. The smallest absolute Gasteiger partial charge is 0.191 e. The number of ether oxygens (including phenoxy) is 1. The van der Waals surface area contributed by atoms with Crippen LogP contribution in [0.1, 0.15) is 31.7 Å². The highest BCUT2D eigenvalue weighted by Crippen LogP contribution is 2.42. The first-order valence-electron chi connectivity index (χ1n) is 10.2. The molecule has 4 N–H and O–H groups in total. The van der Waals surface area contributed by atoms with E-state index in [0.29, 0.717) is 24.4 Å². The summed E-state index contributed by atoms with van der Waals surface area (Å²) in [5.41, 5.74) is 6.36. The number of pyridine rings is 2. The van der Waals surface area contributed by atoms with Crippen molar-refractivity contribution in [3.05, 3.63) is 52.7 Å². The Balaban J connectivity index is 1.71. The van der Waals surface area contributed by atoms with Crippen LogP contribution in [-0.4, -0.2) is 29.8 Å². The van der Waals surface area contributed by atoms with Crippen molar-refractivity contribution in [2.45, 2.75) is 31.7 Å². The summed E-state index contributed by atoms with van der Waals surface area (Å²) in [6.07, 6.45) is 7.74. The summed E-state index contributed by atoms with van der Waals surface area (Å²) in [4.78, 5) is 16.8. The molecule has 1 aliphatic carbocycles. The molecule has 30 heavy (non-hydrogen) atoms. The minimum atomic E-state index is -0.668. The molecule has 7 nitrogen and oxygen atoms in total. The Morgan fingerprint density at radius 2 is 2.00 bits per heavy atom. The van der Waals surface area contributed by atoms with E-state index < -0.39 is 5.82 Å². The maximum Gasteiger partial charge on any atom is 0.191 e. The second kappa shape index (κ2) is 8.61. The average molecular weight is 411 g/mol. The Bertz CT molecular complexity index is 1090. The number of anilines is 3. The van der Waals surface area contributed by atoms with Crippen LogP contribution in [-0.2, 0) is 0 Å². The molecule has 0 radical (unpaired) electrons. The molecule has 0 aliphatic heterocycles. The number of methoxy groups -OCH3 is 1. The fourth-order valence-electron chi connectivity index (χ4n) is 4.19. The van der Waals surface area contributed by atoms with Gasteiger partial charge in [-0.3, -0.25) is 4.79 Å². The van der Waals surface area contributed by atoms with Gasteiger partial charge >= 0.3 is 0 Å². The maximum absolute atomic E-state index is 15.2. The molecule has 0 saturated heterocycles. The van der Waals surface area contributed by atoms with E-state index in [2.05, 4.69) is 15.6 Å². The summed E-state index contributed by atoms with van der Waals surface area (Å²) in [5, 5.41) is 6.43. The number of rotatable bonds is 7. The van der Waals surface area contributed by atoms with Crippen molar-refractivity contribution in [1.29, 1.82) is 0 Å². The monoisotopic (exact) mass is 411 g/mol. The lowest BCUT2D eigenvalue weighted by atomic mass is 10.1. The van der Waals surface area contributed by atoms with E-state index in [0.717, 1.165) is 31.5 Å². The standard InChI is InChI=1S/C22H26FN5O2/c1-30-22-20(27-12-11-26-16-8-4-5-10-25-16)18(23)19(24)17-15(29)9-13-28(21(17)22)14-6-2-3-7-14/h4-5,8-10,13-14,27H,2-3,6-7,11-12,24H2,1H3,(H,25,26). The third-order valence-corrected chi connectivity index (χ3v) is 5.62. The Morgan fingerprint density at radius 3 is 2.70 bits per heavy atom. The van der Waals surface area contributed by atoms with Crippen molar-refractivity contribution in [2.24, 2.45) is 0 Å². The average Bonchev–Trinajstić information content (AvgIpc) is 3.30. The molecule has 1 fully saturated rings. The minimum Gasteiger partial charge on any atom is -0.492 e. The number of nitrogens with zero attached hydrogens (tertiary/aromatic N) is 2. The summed E-state index contributed by atoms with van der Waals surface area (Å²) in [5.74, 6) is 0.373. The summed E-state index contributed by atoms with van der Waals surface area (Å²) < 4.78 is 22.8. The molecule has 8 heteroatoms. The number of hydrogen-bond donors (Lipinski definition) is 3. The van der Waals surface area contributed by atoms with Gasteiger partial charge in [0.1, 0.15) is 11.5 Å². The third kappa shape index (κ3) is 3.65. The predicted molar refractivity (Wildman–Crippen MR) is 118 cm³/mol. The Hall–Kier alpha value is -3.29. The lowest BCUT2D eigenvalue weighted by Gasteiger charge is -2.23. The van der Waals surface area contributed by atoms with Gasteiger partial charge in [0.2, 0.25) is 0 Å². The number of halogens is 1. The molecule has 0 unspecified atom stereocenters. The number of fused-ring (bicyclic) bond motifs is 1. The number of aromatic nitrogens is 2. The number of nitrogen functional groups attached to an aromatic ring is 1. The van der Waals surface area contributed by atoms with Crippen LogP contribution in [0.25, 0.3) is 10.9 Å². The van der Waals surface area contributed by atoms with Gasteiger partial charge in [-0.1, -0.05) is 18.9 Å². The van der Waals surface area contributed by atoms with Gasteiger partial charge in [0.15, 0.2) is 17.0 Å². The molecule has 0 atom stereocenters. The van der Waals surface area contributed by atoms with Crippen LogP contribution < -0.4 is 26.5 Å². The van der Waals surface area contributed by atoms with Crippen molar-refractivity contribution in [3.8, 4) is 5.75 Å². The van der Waals surface area contributed by atoms with Gasteiger partial charge in [0.25, 0.3) is 0 Å². The highest BCUT2D eigenvalue weighted by Gasteiger charge is 2.26. The quantitative estimate of drug-likeness (QED) is 0.405. The highest BCUT2D eigenvalue weighted by molar-refractivity contribution is 6.00. The number of nitrogens with two attached hydrogens (primary N) is 1. The van der Waals surface area contributed by atoms with Crippen molar-refractivity contribution < 1.29 is 9.13 Å². The summed E-state index contributed by atoms with van der Waals surface area (Å²) in [7, 11) is 1.48. The molecule has 0 bridgehead atoms. The molecule has 0 spiro atoms.